The molecule has 0 atom stereocenters. The second kappa shape index (κ2) is 9.83. The molecule has 0 aliphatic heterocycles. The first kappa shape index (κ1) is 14.9. The molecular weight excluding hydrogens is 242 g/mol. The molecule has 0 radical (unpaired) electrons. The maximum Gasteiger partial charge on any atom is 0.191 e. The van der Waals surface area contributed by atoms with Crippen molar-refractivity contribution in [2.75, 3.05) is 32.1 Å². The quantitative estimate of drug-likeness (QED) is 0.450. The molecule has 0 aromatic heterocycles. The number of nitrogens with zero attached hydrogens (tertiary/aromatic N) is 1. The van der Waals surface area contributed by atoms with E-state index < -0.39 is 0 Å². The molecule has 1 rings (SSSR count). The van der Waals surface area contributed by atoms with Crippen LogP contribution in [0.2, 0.25) is 0 Å². The van der Waals surface area contributed by atoms with Crippen LogP contribution in [0, 0.1) is 0 Å². The highest BCUT2D eigenvalue weighted by molar-refractivity contribution is 7.98. The summed E-state index contributed by atoms with van der Waals surface area (Å²) < 4.78 is 0. The minimum Gasteiger partial charge on any atom is -0.356 e. The SMILES string of the molecule is CN=C(NCCCc1ccccc1)NCCSC. The fraction of sp³-hybridized carbons (Fsp3) is 0.500. The fourth-order valence-corrected chi connectivity index (χ4v) is 1.94. The van der Waals surface area contributed by atoms with Gasteiger partial charge in [0.2, 0.25) is 0 Å². The van der Waals surface area contributed by atoms with Crippen LogP contribution in [0.3, 0.4) is 0 Å². The van der Waals surface area contributed by atoms with Crippen LogP contribution in [0.1, 0.15) is 12.0 Å². The predicted molar refractivity (Wildman–Crippen MR) is 82.5 cm³/mol. The van der Waals surface area contributed by atoms with Crippen molar-refractivity contribution in [2.45, 2.75) is 12.8 Å². The molecule has 2 N–H and O–H groups in total. The van der Waals surface area contributed by atoms with Crippen LogP contribution in [-0.4, -0.2) is 38.1 Å². The van der Waals surface area contributed by atoms with Crippen molar-refractivity contribution in [3.05, 3.63) is 35.9 Å². The molecule has 0 unspecified atom stereocenters. The van der Waals surface area contributed by atoms with E-state index >= 15 is 0 Å². The molecule has 0 fully saturated rings. The van der Waals surface area contributed by atoms with E-state index in [4.69, 9.17) is 0 Å². The van der Waals surface area contributed by atoms with Gasteiger partial charge in [-0.3, -0.25) is 4.99 Å². The Balaban J connectivity index is 2.12. The lowest BCUT2D eigenvalue weighted by Crippen LogP contribution is -2.38. The minimum absolute atomic E-state index is 0.900. The maximum atomic E-state index is 4.19. The van der Waals surface area contributed by atoms with E-state index in [0.717, 1.165) is 37.6 Å². The Hall–Kier alpha value is -1.16. The number of hydrogen-bond donors (Lipinski definition) is 2. The minimum atomic E-state index is 0.900. The predicted octanol–water partition coefficient (Wildman–Crippen LogP) is 2.15. The second-order valence-electron chi connectivity index (χ2n) is 4.01. The van der Waals surface area contributed by atoms with Gasteiger partial charge in [-0.1, -0.05) is 30.3 Å². The first-order valence-corrected chi connectivity index (χ1v) is 7.73. The average molecular weight is 265 g/mol. The molecule has 3 nitrogen and oxygen atoms in total. The molecule has 1 aromatic rings. The van der Waals surface area contributed by atoms with Crippen LogP contribution >= 0.6 is 11.8 Å². The van der Waals surface area contributed by atoms with Crippen LogP contribution in [-0.2, 0) is 6.42 Å². The van der Waals surface area contributed by atoms with Gasteiger partial charge in [-0.15, -0.1) is 0 Å². The highest BCUT2D eigenvalue weighted by Crippen LogP contribution is 2.01. The number of aryl methyl sites for hydroxylation is 1. The van der Waals surface area contributed by atoms with Crippen LogP contribution in [0.15, 0.2) is 35.3 Å². The number of thioether (sulfide) groups is 1. The lowest BCUT2D eigenvalue weighted by atomic mass is 10.1. The summed E-state index contributed by atoms with van der Waals surface area (Å²) in [6, 6.07) is 10.6. The highest BCUT2D eigenvalue weighted by Gasteiger charge is 1.96. The summed E-state index contributed by atoms with van der Waals surface area (Å²) in [5.74, 6) is 2.00. The van der Waals surface area contributed by atoms with Gasteiger partial charge in [0.15, 0.2) is 5.96 Å². The zero-order valence-electron chi connectivity index (χ0n) is 11.3. The molecule has 0 heterocycles. The van der Waals surface area contributed by atoms with Crippen molar-refractivity contribution in [3.8, 4) is 0 Å². The number of aliphatic imine (C=N–C) groups is 1. The summed E-state index contributed by atoms with van der Waals surface area (Å²) in [5.41, 5.74) is 1.39. The molecule has 0 saturated heterocycles. The molecule has 100 valence electrons. The van der Waals surface area contributed by atoms with E-state index in [1.54, 1.807) is 0 Å². The van der Waals surface area contributed by atoms with E-state index in [1.165, 1.54) is 5.56 Å². The highest BCUT2D eigenvalue weighted by atomic mass is 32.2. The number of hydrogen-bond acceptors (Lipinski definition) is 2. The molecule has 4 heteroatoms. The van der Waals surface area contributed by atoms with E-state index in [9.17, 15) is 0 Å². The Morgan fingerprint density at radius 3 is 2.56 bits per heavy atom. The maximum absolute atomic E-state index is 4.19. The van der Waals surface area contributed by atoms with Crippen molar-refractivity contribution in [1.82, 2.24) is 10.6 Å². The number of nitrogens with one attached hydrogen (secondary N) is 2. The first-order valence-electron chi connectivity index (χ1n) is 6.34. The Labute approximate surface area is 114 Å². The van der Waals surface area contributed by atoms with E-state index in [2.05, 4.69) is 52.2 Å². The Kier molecular flexibility index (Phi) is 8.13. The van der Waals surface area contributed by atoms with Gasteiger partial charge in [-0.05, 0) is 24.7 Å². The zero-order chi connectivity index (χ0) is 13.1. The summed E-state index contributed by atoms with van der Waals surface area (Å²) in [6.45, 7) is 1.91. The first-order chi connectivity index (χ1) is 8.86. The van der Waals surface area contributed by atoms with Crippen molar-refractivity contribution < 1.29 is 0 Å². The van der Waals surface area contributed by atoms with Crippen LogP contribution in [0.25, 0.3) is 0 Å². The van der Waals surface area contributed by atoms with Gasteiger partial charge in [-0.2, -0.15) is 11.8 Å². The third kappa shape index (κ3) is 6.55. The Morgan fingerprint density at radius 1 is 1.17 bits per heavy atom. The molecule has 0 spiro atoms. The lowest BCUT2D eigenvalue weighted by Gasteiger charge is -2.11. The monoisotopic (exact) mass is 265 g/mol. The largest absolute Gasteiger partial charge is 0.356 e. The van der Waals surface area contributed by atoms with Crippen molar-refractivity contribution in [1.29, 1.82) is 0 Å². The summed E-state index contributed by atoms with van der Waals surface area (Å²) in [5, 5.41) is 6.62. The summed E-state index contributed by atoms with van der Waals surface area (Å²) >= 11 is 1.83. The summed E-state index contributed by atoms with van der Waals surface area (Å²) in [7, 11) is 1.81. The topological polar surface area (TPSA) is 36.4 Å². The Morgan fingerprint density at radius 2 is 1.89 bits per heavy atom. The molecule has 1 aromatic carbocycles. The second-order valence-corrected chi connectivity index (χ2v) is 4.99. The van der Waals surface area contributed by atoms with Gasteiger partial charge in [0, 0.05) is 25.9 Å². The average Bonchev–Trinajstić information content (AvgIpc) is 2.43. The fourth-order valence-electron chi connectivity index (χ4n) is 1.64. The standard InChI is InChI=1S/C14H23N3S/c1-15-14(17-11-12-18-2)16-10-6-9-13-7-4-3-5-8-13/h3-5,7-8H,6,9-12H2,1-2H3,(H2,15,16,17). The number of guanidine groups is 1. The summed E-state index contributed by atoms with van der Waals surface area (Å²) in [4.78, 5) is 4.19. The van der Waals surface area contributed by atoms with E-state index in [-0.39, 0.29) is 0 Å². The third-order valence-corrected chi connectivity index (χ3v) is 3.21. The van der Waals surface area contributed by atoms with Gasteiger partial charge >= 0.3 is 0 Å². The van der Waals surface area contributed by atoms with Gasteiger partial charge in [0.1, 0.15) is 0 Å². The van der Waals surface area contributed by atoms with Crippen LogP contribution in [0.4, 0.5) is 0 Å². The van der Waals surface area contributed by atoms with Crippen LogP contribution < -0.4 is 10.6 Å². The number of rotatable bonds is 7. The molecule has 0 saturated carbocycles. The lowest BCUT2D eigenvalue weighted by molar-refractivity contribution is 0.749. The smallest absolute Gasteiger partial charge is 0.191 e. The molecule has 0 aliphatic rings. The normalized spacial score (nSPS) is 11.3. The summed E-state index contributed by atoms with van der Waals surface area (Å²) in [6.07, 6.45) is 4.33. The van der Waals surface area contributed by atoms with Crippen molar-refractivity contribution in [2.24, 2.45) is 4.99 Å². The molecule has 0 amide bonds. The van der Waals surface area contributed by atoms with Gasteiger partial charge in [0.05, 0.1) is 0 Å². The van der Waals surface area contributed by atoms with Crippen molar-refractivity contribution in [3.63, 3.8) is 0 Å². The Bertz CT molecular complexity index is 338. The van der Waals surface area contributed by atoms with Crippen LogP contribution in [0.5, 0.6) is 0 Å². The number of benzene rings is 1. The zero-order valence-corrected chi connectivity index (χ0v) is 12.1. The third-order valence-electron chi connectivity index (χ3n) is 2.60. The van der Waals surface area contributed by atoms with Gasteiger partial charge in [0.25, 0.3) is 0 Å². The molecule has 0 aliphatic carbocycles. The van der Waals surface area contributed by atoms with E-state index in [1.807, 2.05) is 18.8 Å². The van der Waals surface area contributed by atoms with Crippen molar-refractivity contribution >= 4 is 17.7 Å². The van der Waals surface area contributed by atoms with Gasteiger partial charge < -0.3 is 10.6 Å². The molecule has 18 heavy (non-hydrogen) atoms. The van der Waals surface area contributed by atoms with Gasteiger partial charge in [-0.25, -0.2) is 0 Å². The molecule has 0 bridgehead atoms. The molecular formula is C14H23N3S. The van der Waals surface area contributed by atoms with E-state index in [0.29, 0.717) is 0 Å².